The number of nitriles is 1. The number of hydrogen-bond acceptors (Lipinski definition) is 5. The molecule has 0 amide bonds. The molecule has 1 heterocycles. The minimum absolute atomic E-state index is 0.0300. The Bertz CT molecular complexity index is 658. The van der Waals surface area contributed by atoms with Crippen molar-refractivity contribution >= 4 is 17.3 Å². The molecule has 6 heteroatoms. The summed E-state index contributed by atoms with van der Waals surface area (Å²) in [6, 6.07) is 7.15. The second-order valence-electron chi connectivity index (χ2n) is 3.60. The Labute approximate surface area is 113 Å². The normalized spacial score (nSPS) is 9.89. The van der Waals surface area contributed by atoms with E-state index in [0.717, 1.165) is 11.3 Å². The van der Waals surface area contributed by atoms with Crippen LogP contribution in [0.5, 0.6) is 5.75 Å². The summed E-state index contributed by atoms with van der Waals surface area (Å²) in [5, 5.41) is 19.6. The Balaban J connectivity index is 2.40. The molecule has 1 aromatic carbocycles. The third-order valence-corrected chi connectivity index (χ3v) is 3.21. The molecular formula is C13H10N2O3S. The number of carboxylic acids is 1. The van der Waals surface area contributed by atoms with Crippen molar-refractivity contribution in [3.05, 3.63) is 34.2 Å². The minimum atomic E-state index is -1.05. The zero-order valence-corrected chi connectivity index (χ0v) is 10.9. The van der Waals surface area contributed by atoms with E-state index >= 15 is 0 Å². The number of thiazole rings is 1. The van der Waals surface area contributed by atoms with Crippen molar-refractivity contribution in [3.63, 3.8) is 0 Å². The van der Waals surface area contributed by atoms with E-state index in [-0.39, 0.29) is 5.01 Å². The van der Waals surface area contributed by atoms with Gasteiger partial charge >= 0.3 is 5.97 Å². The van der Waals surface area contributed by atoms with Crippen LogP contribution in [0.4, 0.5) is 0 Å². The Kier molecular flexibility index (Phi) is 3.78. The van der Waals surface area contributed by atoms with Crippen LogP contribution < -0.4 is 4.74 Å². The van der Waals surface area contributed by atoms with Gasteiger partial charge in [0.05, 0.1) is 17.9 Å². The van der Waals surface area contributed by atoms with E-state index in [9.17, 15) is 4.79 Å². The lowest BCUT2D eigenvalue weighted by Crippen LogP contribution is -1.96. The first-order valence-electron chi connectivity index (χ1n) is 5.51. The van der Waals surface area contributed by atoms with Crippen molar-refractivity contribution < 1.29 is 14.6 Å². The van der Waals surface area contributed by atoms with E-state index in [2.05, 4.69) is 11.1 Å². The summed E-state index contributed by atoms with van der Waals surface area (Å²) in [5.41, 5.74) is 1.65. The summed E-state index contributed by atoms with van der Waals surface area (Å²) in [7, 11) is 0. The number of carboxylic acid groups (broad SMARTS) is 1. The molecule has 0 atom stereocenters. The lowest BCUT2D eigenvalue weighted by Gasteiger charge is -2.06. The van der Waals surface area contributed by atoms with Crippen LogP contribution in [0.3, 0.4) is 0 Å². The molecule has 19 heavy (non-hydrogen) atoms. The van der Waals surface area contributed by atoms with Crippen molar-refractivity contribution in [3.8, 4) is 23.1 Å². The molecule has 0 aliphatic heterocycles. The van der Waals surface area contributed by atoms with E-state index in [1.807, 2.05) is 6.92 Å². The van der Waals surface area contributed by atoms with E-state index in [1.165, 1.54) is 0 Å². The molecule has 0 saturated carbocycles. The summed E-state index contributed by atoms with van der Waals surface area (Å²) >= 11 is 1.06. The van der Waals surface area contributed by atoms with Gasteiger partial charge in [-0.05, 0) is 25.1 Å². The molecule has 0 bridgehead atoms. The van der Waals surface area contributed by atoms with Crippen LogP contribution >= 0.6 is 11.3 Å². The zero-order chi connectivity index (χ0) is 13.8. The number of nitrogens with zero attached hydrogens (tertiary/aromatic N) is 2. The predicted octanol–water partition coefficient (Wildman–Crippen LogP) is 2.78. The van der Waals surface area contributed by atoms with Crippen LogP contribution in [0, 0.1) is 11.3 Å². The second-order valence-corrected chi connectivity index (χ2v) is 4.46. The molecule has 0 fully saturated rings. The quantitative estimate of drug-likeness (QED) is 0.926. The molecular weight excluding hydrogens is 264 g/mol. The van der Waals surface area contributed by atoms with Crippen molar-refractivity contribution in [2.45, 2.75) is 6.92 Å². The van der Waals surface area contributed by atoms with Crippen LogP contribution in [0.2, 0.25) is 0 Å². The summed E-state index contributed by atoms with van der Waals surface area (Å²) in [5.74, 6) is -0.537. The molecule has 0 radical (unpaired) electrons. The molecule has 0 spiro atoms. The van der Waals surface area contributed by atoms with Crippen molar-refractivity contribution in [1.82, 2.24) is 4.98 Å². The lowest BCUT2D eigenvalue weighted by atomic mass is 10.1. The average Bonchev–Trinajstić information content (AvgIpc) is 2.89. The number of aromatic carboxylic acids is 1. The molecule has 2 aromatic rings. The van der Waals surface area contributed by atoms with E-state index in [1.54, 1.807) is 23.6 Å². The fraction of sp³-hybridized carbons (Fsp3) is 0.154. The van der Waals surface area contributed by atoms with Crippen LogP contribution in [-0.4, -0.2) is 22.7 Å². The van der Waals surface area contributed by atoms with Gasteiger partial charge in [-0.15, -0.1) is 11.3 Å². The van der Waals surface area contributed by atoms with Gasteiger partial charge in [0.25, 0.3) is 0 Å². The smallest absolute Gasteiger partial charge is 0.365 e. The molecule has 0 aliphatic rings. The Hall–Kier alpha value is -2.39. The molecule has 1 aromatic heterocycles. The first-order valence-corrected chi connectivity index (χ1v) is 6.39. The van der Waals surface area contributed by atoms with E-state index in [0.29, 0.717) is 29.2 Å². The maximum Gasteiger partial charge on any atom is 0.365 e. The van der Waals surface area contributed by atoms with Crippen LogP contribution in [0.25, 0.3) is 11.3 Å². The monoisotopic (exact) mass is 274 g/mol. The van der Waals surface area contributed by atoms with Crippen molar-refractivity contribution in [2.24, 2.45) is 0 Å². The van der Waals surface area contributed by atoms with Gasteiger partial charge < -0.3 is 9.84 Å². The van der Waals surface area contributed by atoms with Gasteiger partial charge in [0.15, 0.2) is 0 Å². The summed E-state index contributed by atoms with van der Waals surface area (Å²) in [6.07, 6.45) is 0. The van der Waals surface area contributed by atoms with Gasteiger partial charge in [-0.25, -0.2) is 9.78 Å². The van der Waals surface area contributed by atoms with E-state index < -0.39 is 5.97 Å². The highest BCUT2D eigenvalue weighted by Gasteiger charge is 2.12. The maximum absolute atomic E-state index is 10.8. The fourth-order valence-corrected chi connectivity index (χ4v) is 2.23. The summed E-state index contributed by atoms with van der Waals surface area (Å²) in [6.45, 7) is 2.32. The van der Waals surface area contributed by atoms with Crippen molar-refractivity contribution in [2.75, 3.05) is 6.61 Å². The molecule has 0 unspecified atom stereocenters. The predicted molar refractivity (Wildman–Crippen MR) is 70.4 cm³/mol. The molecule has 96 valence electrons. The lowest BCUT2D eigenvalue weighted by molar-refractivity contribution is 0.0696. The summed E-state index contributed by atoms with van der Waals surface area (Å²) in [4.78, 5) is 14.8. The van der Waals surface area contributed by atoms with Gasteiger partial charge in [0, 0.05) is 10.9 Å². The van der Waals surface area contributed by atoms with Crippen LogP contribution in [0.1, 0.15) is 22.3 Å². The van der Waals surface area contributed by atoms with Gasteiger partial charge in [-0.1, -0.05) is 0 Å². The molecule has 5 nitrogen and oxygen atoms in total. The van der Waals surface area contributed by atoms with Crippen LogP contribution in [-0.2, 0) is 0 Å². The summed E-state index contributed by atoms with van der Waals surface area (Å²) < 4.78 is 5.33. The number of aromatic nitrogens is 1. The highest BCUT2D eigenvalue weighted by Crippen LogP contribution is 2.27. The van der Waals surface area contributed by atoms with Gasteiger partial charge in [-0.2, -0.15) is 5.26 Å². The molecule has 0 saturated heterocycles. The third-order valence-electron chi connectivity index (χ3n) is 2.38. The highest BCUT2D eigenvalue weighted by atomic mass is 32.1. The number of rotatable bonds is 4. The SMILES string of the molecule is CCOc1ccc(-c2csc(C(=O)O)n2)cc1C#N. The van der Waals surface area contributed by atoms with E-state index in [4.69, 9.17) is 15.1 Å². The highest BCUT2D eigenvalue weighted by molar-refractivity contribution is 7.11. The maximum atomic E-state index is 10.8. The van der Waals surface area contributed by atoms with Crippen molar-refractivity contribution in [1.29, 1.82) is 5.26 Å². The first kappa shape index (κ1) is 13.1. The minimum Gasteiger partial charge on any atom is -0.492 e. The molecule has 0 aliphatic carbocycles. The molecule has 1 N–H and O–H groups in total. The number of carbonyl (C=O) groups is 1. The van der Waals surface area contributed by atoms with Crippen LogP contribution in [0.15, 0.2) is 23.6 Å². The van der Waals surface area contributed by atoms with Gasteiger partial charge in [0.2, 0.25) is 5.01 Å². The molecule has 2 rings (SSSR count). The number of ether oxygens (including phenoxy) is 1. The first-order chi connectivity index (χ1) is 9.15. The zero-order valence-electron chi connectivity index (χ0n) is 10.1. The largest absolute Gasteiger partial charge is 0.492 e. The second kappa shape index (κ2) is 5.50. The topological polar surface area (TPSA) is 83.2 Å². The van der Waals surface area contributed by atoms with Gasteiger partial charge in [0.1, 0.15) is 11.8 Å². The Morgan fingerprint density at radius 2 is 2.37 bits per heavy atom. The standard InChI is InChI=1S/C13H10N2O3S/c1-2-18-11-4-3-8(5-9(11)6-14)10-7-19-12(15-10)13(16)17/h3-5,7H,2H2,1H3,(H,16,17). The Morgan fingerprint density at radius 1 is 1.58 bits per heavy atom. The average molecular weight is 274 g/mol. The number of hydrogen-bond donors (Lipinski definition) is 1. The number of benzene rings is 1. The third kappa shape index (κ3) is 2.72. The fourth-order valence-electron chi connectivity index (χ4n) is 1.56. The Morgan fingerprint density at radius 3 is 2.95 bits per heavy atom. The van der Waals surface area contributed by atoms with Gasteiger partial charge in [-0.3, -0.25) is 0 Å².